The molecule has 1 rings (SSSR count). The Labute approximate surface area is 99.3 Å². The van der Waals surface area contributed by atoms with Crippen LogP contribution in [-0.2, 0) is 4.74 Å². The molecule has 0 saturated heterocycles. The van der Waals surface area contributed by atoms with E-state index in [4.69, 9.17) is 9.73 Å². The van der Waals surface area contributed by atoms with E-state index in [0.29, 0.717) is 5.41 Å². The molecule has 0 aromatic heterocycles. The number of hydrogen-bond acceptors (Lipinski definition) is 2. The average Bonchev–Trinajstić information content (AvgIpc) is 2.12. The molecule has 1 saturated carbocycles. The van der Waals surface area contributed by atoms with Crippen LogP contribution in [0.25, 0.3) is 0 Å². The zero-order chi connectivity index (χ0) is 12.2. The molecule has 0 N–H and O–H groups in total. The molecule has 1 fully saturated rings. The number of nitrogens with zero attached hydrogens (tertiary/aromatic N) is 3. The van der Waals surface area contributed by atoms with E-state index in [-0.39, 0.29) is 0 Å². The van der Waals surface area contributed by atoms with Crippen LogP contribution in [-0.4, -0.2) is 64.2 Å². The zero-order valence-electron chi connectivity index (χ0n) is 11.3. The summed E-state index contributed by atoms with van der Waals surface area (Å²) in [5.74, 6) is 1.03. The highest BCUT2D eigenvalue weighted by Gasteiger charge is 2.37. The summed E-state index contributed by atoms with van der Waals surface area (Å²) in [7, 11) is 9.90. The third kappa shape index (κ3) is 3.11. The van der Waals surface area contributed by atoms with Crippen molar-refractivity contribution < 1.29 is 4.74 Å². The standard InChI is InChI=1S/C12H25N3O/c1-14(2)11(15(3)4)13-9-12(10-16-5)7-6-8-12/h6-10H2,1-5H3. The van der Waals surface area contributed by atoms with Crippen molar-refractivity contribution in [2.24, 2.45) is 10.4 Å². The van der Waals surface area contributed by atoms with Gasteiger partial charge in [0.15, 0.2) is 5.96 Å². The molecule has 0 aliphatic heterocycles. The smallest absolute Gasteiger partial charge is 0.195 e. The first-order valence-corrected chi connectivity index (χ1v) is 5.89. The predicted octanol–water partition coefficient (Wildman–Crippen LogP) is 1.28. The van der Waals surface area contributed by atoms with Crippen molar-refractivity contribution in [1.29, 1.82) is 0 Å². The Morgan fingerprint density at radius 2 is 1.75 bits per heavy atom. The second kappa shape index (κ2) is 5.53. The third-order valence-electron chi connectivity index (χ3n) is 3.22. The summed E-state index contributed by atoms with van der Waals surface area (Å²) in [4.78, 5) is 8.83. The SMILES string of the molecule is COCC1(CN=C(N(C)C)N(C)C)CCC1. The Balaban J connectivity index is 2.61. The van der Waals surface area contributed by atoms with Gasteiger partial charge in [0.1, 0.15) is 0 Å². The van der Waals surface area contributed by atoms with E-state index >= 15 is 0 Å². The van der Waals surface area contributed by atoms with Gasteiger partial charge in [0.25, 0.3) is 0 Å². The van der Waals surface area contributed by atoms with Gasteiger partial charge in [0.05, 0.1) is 13.2 Å². The number of aliphatic imine (C=N–C) groups is 1. The van der Waals surface area contributed by atoms with Crippen molar-refractivity contribution in [2.75, 3.05) is 48.5 Å². The highest BCUT2D eigenvalue weighted by Crippen LogP contribution is 2.41. The maximum Gasteiger partial charge on any atom is 0.195 e. The number of rotatable bonds is 4. The van der Waals surface area contributed by atoms with Crippen LogP contribution in [0.2, 0.25) is 0 Å². The third-order valence-corrected chi connectivity index (χ3v) is 3.22. The maximum atomic E-state index is 5.31. The van der Waals surface area contributed by atoms with Crippen molar-refractivity contribution in [3.63, 3.8) is 0 Å². The molecule has 94 valence electrons. The Hall–Kier alpha value is -0.770. The molecule has 0 atom stereocenters. The topological polar surface area (TPSA) is 28.1 Å². The van der Waals surface area contributed by atoms with E-state index in [1.807, 2.05) is 28.2 Å². The molecule has 1 aliphatic carbocycles. The molecular formula is C12H25N3O. The maximum absolute atomic E-state index is 5.31. The number of ether oxygens (including phenoxy) is 1. The van der Waals surface area contributed by atoms with Gasteiger partial charge in [0, 0.05) is 40.7 Å². The predicted molar refractivity (Wildman–Crippen MR) is 67.8 cm³/mol. The molecule has 0 amide bonds. The van der Waals surface area contributed by atoms with E-state index in [1.54, 1.807) is 7.11 Å². The minimum Gasteiger partial charge on any atom is -0.384 e. The van der Waals surface area contributed by atoms with E-state index in [2.05, 4.69) is 9.80 Å². The molecule has 0 spiro atoms. The van der Waals surface area contributed by atoms with Crippen LogP contribution >= 0.6 is 0 Å². The van der Waals surface area contributed by atoms with E-state index in [0.717, 1.165) is 19.1 Å². The van der Waals surface area contributed by atoms with Gasteiger partial charge >= 0.3 is 0 Å². The van der Waals surface area contributed by atoms with Crippen LogP contribution < -0.4 is 0 Å². The van der Waals surface area contributed by atoms with Crippen molar-refractivity contribution in [2.45, 2.75) is 19.3 Å². The lowest BCUT2D eigenvalue weighted by molar-refractivity contribution is 0.0250. The van der Waals surface area contributed by atoms with E-state index in [9.17, 15) is 0 Å². The summed E-state index contributed by atoms with van der Waals surface area (Å²) in [5.41, 5.74) is 0.312. The first-order chi connectivity index (χ1) is 7.51. The van der Waals surface area contributed by atoms with Crippen molar-refractivity contribution in [3.05, 3.63) is 0 Å². The van der Waals surface area contributed by atoms with Gasteiger partial charge in [-0.2, -0.15) is 0 Å². The fraction of sp³-hybridized carbons (Fsp3) is 0.917. The molecular weight excluding hydrogens is 202 g/mol. The van der Waals surface area contributed by atoms with Crippen LogP contribution in [0.3, 0.4) is 0 Å². The Bertz CT molecular complexity index is 235. The zero-order valence-corrected chi connectivity index (χ0v) is 11.3. The lowest BCUT2D eigenvalue weighted by Gasteiger charge is -2.40. The first kappa shape index (κ1) is 13.3. The fourth-order valence-electron chi connectivity index (χ4n) is 2.25. The van der Waals surface area contributed by atoms with E-state index < -0.39 is 0 Å². The lowest BCUT2D eigenvalue weighted by atomic mass is 9.69. The minimum atomic E-state index is 0.312. The number of hydrogen-bond donors (Lipinski definition) is 0. The van der Waals surface area contributed by atoms with Crippen LogP contribution in [0.1, 0.15) is 19.3 Å². The summed E-state index contributed by atoms with van der Waals surface area (Å²) >= 11 is 0. The first-order valence-electron chi connectivity index (χ1n) is 5.89. The number of methoxy groups -OCH3 is 1. The summed E-state index contributed by atoms with van der Waals surface area (Å²) < 4.78 is 5.31. The fourth-order valence-corrected chi connectivity index (χ4v) is 2.25. The highest BCUT2D eigenvalue weighted by molar-refractivity contribution is 5.79. The van der Waals surface area contributed by atoms with Crippen molar-refractivity contribution in [3.8, 4) is 0 Å². The van der Waals surface area contributed by atoms with Crippen molar-refractivity contribution >= 4 is 5.96 Å². The van der Waals surface area contributed by atoms with Gasteiger partial charge in [-0.15, -0.1) is 0 Å². The van der Waals surface area contributed by atoms with Gasteiger partial charge in [0.2, 0.25) is 0 Å². The molecule has 16 heavy (non-hydrogen) atoms. The Morgan fingerprint density at radius 3 is 2.06 bits per heavy atom. The van der Waals surface area contributed by atoms with Gasteiger partial charge in [-0.25, -0.2) is 0 Å². The Morgan fingerprint density at radius 1 is 1.19 bits per heavy atom. The van der Waals surface area contributed by atoms with Gasteiger partial charge < -0.3 is 14.5 Å². The average molecular weight is 227 g/mol. The quantitative estimate of drug-likeness (QED) is 0.535. The van der Waals surface area contributed by atoms with Crippen LogP contribution in [0.5, 0.6) is 0 Å². The summed E-state index contributed by atoms with van der Waals surface area (Å²) in [6.45, 7) is 1.72. The molecule has 0 aromatic rings. The lowest BCUT2D eigenvalue weighted by Crippen LogP contribution is -2.40. The van der Waals surface area contributed by atoms with E-state index in [1.165, 1.54) is 19.3 Å². The largest absolute Gasteiger partial charge is 0.384 e. The summed E-state index contributed by atoms with van der Waals surface area (Å²) in [5, 5.41) is 0. The van der Waals surface area contributed by atoms with Crippen LogP contribution in [0.15, 0.2) is 4.99 Å². The Kier molecular flexibility index (Phi) is 4.59. The molecule has 0 bridgehead atoms. The van der Waals surface area contributed by atoms with Gasteiger partial charge in [-0.1, -0.05) is 6.42 Å². The second-order valence-electron chi connectivity index (χ2n) is 5.19. The second-order valence-corrected chi connectivity index (χ2v) is 5.19. The highest BCUT2D eigenvalue weighted by atomic mass is 16.5. The molecule has 0 unspecified atom stereocenters. The molecule has 4 heteroatoms. The molecule has 0 heterocycles. The van der Waals surface area contributed by atoms with Crippen molar-refractivity contribution in [1.82, 2.24) is 9.80 Å². The molecule has 0 radical (unpaired) electrons. The summed E-state index contributed by atoms with van der Waals surface area (Å²) in [6, 6.07) is 0. The molecule has 1 aliphatic rings. The van der Waals surface area contributed by atoms with Crippen LogP contribution in [0.4, 0.5) is 0 Å². The normalized spacial score (nSPS) is 17.6. The molecule has 4 nitrogen and oxygen atoms in total. The van der Waals surface area contributed by atoms with Gasteiger partial charge in [-0.3, -0.25) is 4.99 Å². The monoisotopic (exact) mass is 227 g/mol. The van der Waals surface area contributed by atoms with Crippen LogP contribution in [0, 0.1) is 5.41 Å². The van der Waals surface area contributed by atoms with Gasteiger partial charge in [-0.05, 0) is 12.8 Å². The number of guanidine groups is 1. The minimum absolute atomic E-state index is 0.312. The molecule has 0 aromatic carbocycles. The summed E-state index contributed by atoms with van der Waals surface area (Å²) in [6.07, 6.45) is 3.81.